The lowest BCUT2D eigenvalue weighted by Gasteiger charge is -2.36. The van der Waals surface area contributed by atoms with Crippen molar-refractivity contribution in [3.05, 3.63) is 47.5 Å². The lowest BCUT2D eigenvalue weighted by Crippen LogP contribution is -2.49. The molecule has 8 heteroatoms. The minimum atomic E-state index is -3.68. The fraction of sp³-hybridized carbons (Fsp3) is 0.455. The molecular formula is C22H30N2O5S. The summed E-state index contributed by atoms with van der Waals surface area (Å²) < 4.78 is 45.0. The Labute approximate surface area is 179 Å². The molecule has 0 amide bonds. The van der Waals surface area contributed by atoms with E-state index in [0.717, 1.165) is 24.9 Å². The first-order valence-corrected chi connectivity index (χ1v) is 11.5. The highest BCUT2D eigenvalue weighted by Gasteiger charge is 2.28. The van der Waals surface area contributed by atoms with E-state index in [1.807, 2.05) is 12.1 Å². The molecule has 0 aromatic heterocycles. The number of hydrogen-bond acceptors (Lipinski definition) is 6. The van der Waals surface area contributed by atoms with Gasteiger partial charge < -0.3 is 14.2 Å². The van der Waals surface area contributed by atoms with E-state index in [1.165, 1.54) is 18.7 Å². The Morgan fingerprint density at radius 3 is 2.37 bits per heavy atom. The summed E-state index contributed by atoms with van der Waals surface area (Å²) >= 11 is 0. The molecule has 1 N–H and O–H groups in total. The molecule has 0 bridgehead atoms. The number of methoxy groups -OCH3 is 3. The summed E-state index contributed by atoms with van der Waals surface area (Å²) in [6.07, 6.45) is 2.09. The SMILES string of the molecule is CCCC(NS(=O)(=O)c1cccc(OC)c1)N1CCc2cc(OC)c(OC)cc2C1. The lowest BCUT2D eigenvalue weighted by atomic mass is 9.98. The molecule has 0 saturated carbocycles. The van der Waals surface area contributed by atoms with Crippen molar-refractivity contribution in [1.82, 2.24) is 9.62 Å². The van der Waals surface area contributed by atoms with Crippen molar-refractivity contribution in [1.29, 1.82) is 0 Å². The third-order valence-electron chi connectivity index (χ3n) is 5.39. The fourth-order valence-corrected chi connectivity index (χ4v) is 5.07. The van der Waals surface area contributed by atoms with Gasteiger partial charge in [-0.15, -0.1) is 0 Å². The third kappa shape index (κ3) is 4.88. The Morgan fingerprint density at radius 1 is 1.03 bits per heavy atom. The predicted octanol–water partition coefficient (Wildman–Crippen LogP) is 3.18. The van der Waals surface area contributed by atoms with Crippen molar-refractivity contribution in [3.63, 3.8) is 0 Å². The van der Waals surface area contributed by atoms with E-state index < -0.39 is 10.0 Å². The minimum Gasteiger partial charge on any atom is -0.497 e. The van der Waals surface area contributed by atoms with Crippen LogP contribution in [0.1, 0.15) is 30.9 Å². The van der Waals surface area contributed by atoms with E-state index in [9.17, 15) is 8.42 Å². The largest absolute Gasteiger partial charge is 0.497 e. The van der Waals surface area contributed by atoms with Crippen molar-refractivity contribution in [3.8, 4) is 17.2 Å². The van der Waals surface area contributed by atoms with Gasteiger partial charge in [-0.2, -0.15) is 4.72 Å². The summed E-state index contributed by atoms with van der Waals surface area (Å²) in [6.45, 7) is 3.45. The molecular weight excluding hydrogens is 404 g/mol. The molecule has 0 fully saturated rings. The molecule has 1 atom stereocenters. The van der Waals surface area contributed by atoms with Crippen LogP contribution in [0.2, 0.25) is 0 Å². The van der Waals surface area contributed by atoms with Crippen molar-refractivity contribution >= 4 is 10.0 Å². The summed E-state index contributed by atoms with van der Waals surface area (Å²) in [5, 5.41) is 0. The highest BCUT2D eigenvalue weighted by Crippen LogP contribution is 2.34. The van der Waals surface area contributed by atoms with Crippen molar-refractivity contribution in [2.24, 2.45) is 0 Å². The number of ether oxygens (including phenoxy) is 3. The molecule has 2 aromatic rings. The van der Waals surface area contributed by atoms with Crippen LogP contribution in [0.5, 0.6) is 17.2 Å². The van der Waals surface area contributed by atoms with E-state index in [1.54, 1.807) is 32.4 Å². The van der Waals surface area contributed by atoms with Crippen LogP contribution in [0, 0.1) is 0 Å². The number of benzene rings is 2. The second-order valence-corrected chi connectivity index (χ2v) is 9.02. The van der Waals surface area contributed by atoms with Gasteiger partial charge in [0.15, 0.2) is 11.5 Å². The summed E-state index contributed by atoms with van der Waals surface area (Å²) in [5.74, 6) is 1.91. The summed E-state index contributed by atoms with van der Waals surface area (Å²) in [5.41, 5.74) is 2.33. The van der Waals surface area contributed by atoms with Crippen molar-refractivity contribution < 1.29 is 22.6 Å². The van der Waals surface area contributed by atoms with E-state index in [-0.39, 0.29) is 11.1 Å². The third-order valence-corrected chi connectivity index (χ3v) is 6.85. The number of rotatable bonds is 9. The molecule has 0 radical (unpaired) electrons. The second kappa shape index (κ2) is 9.68. The Hall–Kier alpha value is -2.29. The Balaban J connectivity index is 1.83. The van der Waals surface area contributed by atoms with Gasteiger partial charge in [0, 0.05) is 19.2 Å². The van der Waals surface area contributed by atoms with Gasteiger partial charge in [-0.05, 0) is 48.2 Å². The number of fused-ring (bicyclic) bond motifs is 1. The molecule has 30 heavy (non-hydrogen) atoms. The smallest absolute Gasteiger partial charge is 0.242 e. The van der Waals surface area contributed by atoms with E-state index in [4.69, 9.17) is 14.2 Å². The Kier molecular flexibility index (Phi) is 7.23. The maximum Gasteiger partial charge on any atom is 0.242 e. The van der Waals surface area contributed by atoms with Gasteiger partial charge >= 0.3 is 0 Å². The summed E-state index contributed by atoms with van der Waals surface area (Å²) in [6, 6.07) is 10.5. The number of nitrogens with one attached hydrogen (secondary N) is 1. The fourth-order valence-electron chi connectivity index (χ4n) is 3.78. The molecule has 0 spiro atoms. The maximum atomic E-state index is 13.0. The molecule has 0 aliphatic carbocycles. The average Bonchev–Trinajstić information content (AvgIpc) is 2.77. The molecule has 164 valence electrons. The van der Waals surface area contributed by atoms with Crippen molar-refractivity contribution in [2.45, 2.75) is 43.8 Å². The van der Waals surface area contributed by atoms with Crippen LogP contribution in [0.15, 0.2) is 41.3 Å². The van der Waals surface area contributed by atoms with Gasteiger partial charge in [-0.3, -0.25) is 4.90 Å². The zero-order valence-electron chi connectivity index (χ0n) is 18.0. The topological polar surface area (TPSA) is 77.1 Å². The maximum absolute atomic E-state index is 13.0. The van der Waals surface area contributed by atoms with E-state index in [0.29, 0.717) is 30.2 Å². The molecule has 1 heterocycles. The monoisotopic (exact) mass is 434 g/mol. The summed E-state index contributed by atoms with van der Waals surface area (Å²) in [4.78, 5) is 2.38. The van der Waals surface area contributed by atoms with E-state index in [2.05, 4.69) is 16.5 Å². The molecule has 7 nitrogen and oxygen atoms in total. The Morgan fingerprint density at radius 2 is 1.73 bits per heavy atom. The minimum absolute atomic E-state index is 0.201. The van der Waals surface area contributed by atoms with Crippen LogP contribution in [0.4, 0.5) is 0 Å². The molecule has 1 unspecified atom stereocenters. The molecule has 0 saturated heterocycles. The first-order chi connectivity index (χ1) is 14.4. The molecule has 1 aliphatic rings. The van der Waals surface area contributed by atoms with Gasteiger partial charge in [-0.25, -0.2) is 8.42 Å². The van der Waals surface area contributed by atoms with Crippen molar-refractivity contribution in [2.75, 3.05) is 27.9 Å². The van der Waals surface area contributed by atoms with Crippen LogP contribution >= 0.6 is 0 Å². The van der Waals surface area contributed by atoms with Gasteiger partial charge in [0.05, 0.1) is 32.4 Å². The average molecular weight is 435 g/mol. The molecule has 3 rings (SSSR count). The molecule has 1 aliphatic heterocycles. The van der Waals surface area contributed by atoms with E-state index >= 15 is 0 Å². The number of sulfonamides is 1. The highest BCUT2D eigenvalue weighted by atomic mass is 32.2. The highest BCUT2D eigenvalue weighted by molar-refractivity contribution is 7.89. The second-order valence-electron chi connectivity index (χ2n) is 7.30. The quantitative estimate of drug-likeness (QED) is 0.653. The van der Waals surface area contributed by atoms with Gasteiger partial charge in [0.1, 0.15) is 5.75 Å². The molecule has 2 aromatic carbocycles. The van der Waals surface area contributed by atoms with Gasteiger partial charge in [-0.1, -0.05) is 19.4 Å². The number of nitrogens with zero attached hydrogens (tertiary/aromatic N) is 1. The summed E-state index contributed by atoms with van der Waals surface area (Å²) in [7, 11) is 1.09. The Bertz CT molecular complexity index is 977. The van der Waals surface area contributed by atoms with Crippen LogP contribution in [0.25, 0.3) is 0 Å². The normalized spacial score (nSPS) is 15.3. The number of hydrogen-bond donors (Lipinski definition) is 1. The predicted molar refractivity (Wildman–Crippen MR) is 116 cm³/mol. The lowest BCUT2D eigenvalue weighted by molar-refractivity contribution is 0.158. The van der Waals surface area contributed by atoms with Gasteiger partial charge in [0.25, 0.3) is 0 Å². The zero-order valence-corrected chi connectivity index (χ0v) is 18.8. The standard InChI is InChI=1S/C22H30N2O5S/c1-5-7-22(23-30(25,26)19-9-6-8-18(14-19)27-2)24-11-10-16-12-20(28-3)21(29-4)13-17(16)15-24/h6,8-9,12-14,22-23H,5,7,10-11,15H2,1-4H3. The van der Waals surface area contributed by atoms with Crippen LogP contribution in [-0.4, -0.2) is 47.4 Å². The zero-order chi connectivity index (χ0) is 21.7. The van der Waals surface area contributed by atoms with Crippen LogP contribution in [-0.2, 0) is 23.0 Å². The first kappa shape index (κ1) is 22.4. The van der Waals surface area contributed by atoms with Crippen LogP contribution < -0.4 is 18.9 Å². The van der Waals surface area contributed by atoms with Crippen LogP contribution in [0.3, 0.4) is 0 Å². The first-order valence-electron chi connectivity index (χ1n) is 10.1. The van der Waals surface area contributed by atoms with Gasteiger partial charge in [0.2, 0.25) is 10.0 Å².